The van der Waals surface area contributed by atoms with Gasteiger partial charge in [0.05, 0.1) is 25.2 Å². The van der Waals surface area contributed by atoms with Gasteiger partial charge in [-0.05, 0) is 67.6 Å². The normalized spacial score (nSPS) is 10.6. The lowest BCUT2D eigenvalue weighted by Crippen LogP contribution is -2.10. The second-order valence-corrected chi connectivity index (χ2v) is 6.87. The van der Waals surface area contributed by atoms with Gasteiger partial charge < -0.3 is 23.4 Å². The molecule has 7 heteroatoms. The zero-order valence-electron chi connectivity index (χ0n) is 17.7. The fourth-order valence-electron chi connectivity index (χ4n) is 3.10. The van der Waals surface area contributed by atoms with Crippen molar-refractivity contribution >= 4 is 16.9 Å². The molecule has 0 spiro atoms. The van der Waals surface area contributed by atoms with Gasteiger partial charge in [0.25, 0.3) is 0 Å². The lowest BCUT2D eigenvalue weighted by molar-refractivity contribution is 0.0735. The Bertz CT molecular complexity index is 1320. The summed E-state index contributed by atoms with van der Waals surface area (Å²) in [5, 5.41) is 0.309. The minimum atomic E-state index is -0.537. The minimum absolute atomic E-state index is 0.0886. The Morgan fingerprint density at radius 1 is 0.781 bits per heavy atom. The topological polar surface area (TPSA) is 84.2 Å². The number of ether oxygens (including phenoxy) is 4. The molecule has 4 aromatic rings. The molecule has 0 amide bonds. The van der Waals surface area contributed by atoms with Crippen molar-refractivity contribution in [3.8, 4) is 28.7 Å². The van der Waals surface area contributed by atoms with Crippen LogP contribution in [0.25, 0.3) is 11.0 Å². The summed E-state index contributed by atoms with van der Waals surface area (Å²) in [6.07, 6.45) is 0. The SMILES string of the molecule is COc1ccc(Oc2c(C)oc3cc(OC(=O)c4ccc(OC)cc4)ccc3c2=O)cc1. The van der Waals surface area contributed by atoms with Crippen LogP contribution in [0, 0.1) is 6.92 Å². The van der Waals surface area contributed by atoms with Crippen LogP contribution in [0.1, 0.15) is 16.1 Å². The second kappa shape index (κ2) is 8.85. The van der Waals surface area contributed by atoms with E-state index >= 15 is 0 Å². The summed E-state index contributed by atoms with van der Waals surface area (Å²) < 4.78 is 27.2. The van der Waals surface area contributed by atoms with Gasteiger partial charge >= 0.3 is 5.97 Å². The molecule has 0 radical (unpaired) electrons. The molecule has 3 aromatic carbocycles. The summed E-state index contributed by atoms with van der Waals surface area (Å²) in [4.78, 5) is 25.4. The van der Waals surface area contributed by atoms with Gasteiger partial charge in [0.15, 0.2) is 0 Å². The van der Waals surface area contributed by atoms with Crippen LogP contribution in [0.4, 0.5) is 0 Å². The van der Waals surface area contributed by atoms with E-state index in [9.17, 15) is 9.59 Å². The summed E-state index contributed by atoms with van der Waals surface area (Å²) in [5.41, 5.74) is 0.328. The van der Waals surface area contributed by atoms with Crippen LogP contribution < -0.4 is 24.4 Å². The molecule has 4 rings (SSSR count). The molecule has 0 bridgehead atoms. The molecule has 0 saturated heterocycles. The molecule has 0 aliphatic heterocycles. The number of esters is 1. The zero-order valence-corrected chi connectivity index (χ0v) is 17.7. The van der Waals surface area contributed by atoms with Crippen molar-refractivity contribution in [1.29, 1.82) is 0 Å². The third-order valence-corrected chi connectivity index (χ3v) is 4.80. The molecule has 1 aromatic heterocycles. The Labute approximate surface area is 183 Å². The Kier molecular flexibility index (Phi) is 5.81. The molecule has 162 valence electrons. The number of aryl methyl sites for hydroxylation is 1. The fourth-order valence-corrected chi connectivity index (χ4v) is 3.10. The first-order valence-corrected chi connectivity index (χ1v) is 9.74. The highest BCUT2D eigenvalue weighted by Gasteiger charge is 2.16. The Hall–Kier alpha value is -4.26. The average Bonchev–Trinajstić information content (AvgIpc) is 2.82. The van der Waals surface area contributed by atoms with E-state index < -0.39 is 5.97 Å². The predicted molar refractivity (Wildman–Crippen MR) is 118 cm³/mol. The summed E-state index contributed by atoms with van der Waals surface area (Å²) in [7, 11) is 3.12. The largest absolute Gasteiger partial charge is 0.497 e. The quantitative estimate of drug-likeness (QED) is 0.308. The Morgan fingerprint density at radius 3 is 1.97 bits per heavy atom. The third-order valence-electron chi connectivity index (χ3n) is 4.80. The first-order valence-electron chi connectivity index (χ1n) is 9.74. The average molecular weight is 432 g/mol. The molecule has 1 heterocycles. The third kappa shape index (κ3) is 4.27. The highest BCUT2D eigenvalue weighted by molar-refractivity contribution is 5.91. The van der Waals surface area contributed by atoms with E-state index in [2.05, 4.69) is 0 Å². The zero-order chi connectivity index (χ0) is 22.7. The van der Waals surface area contributed by atoms with Gasteiger partial charge in [-0.3, -0.25) is 4.79 Å². The van der Waals surface area contributed by atoms with Crippen LogP contribution in [0.15, 0.2) is 75.9 Å². The maximum atomic E-state index is 13.0. The molecular weight excluding hydrogens is 412 g/mol. The summed E-state index contributed by atoms with van der Waals surface area (Å²) in [6.45, 7) is 1.63. The van der Waals surface area contributed by atoms with Crippen molar-refractivity contribution in [2.75, 3.05) is 14.2 Å². The molecule has 32 heavy (non-hydrogen) atoms. The summed E-state index contributed by atoms with van der Waals surface area (Å²) in [6, 6.07) is 18.0. The van der Waals surface area contributed by atoms with E-state index in [0.717, 1.165) is 0 Å². The first-order chi connectivity index (χ1) is 15.5. The van der Waals surface area contributed by atoms with E-state index in [1.165, 1.54) is 18.2 Å². The van der Waals surface area contributed by atoms with Gasteiger partial charge in [-0.2, -0.15) is 0 Å². The lowest BCUT2D eigenvalue weighted by atomic mass is 10.2. The molecule has 0 aliphatic rings. The van der Waals surface area contributed by atoms with Crippen LogP contribution in [0.3, 0.4) is 0 Å². The van der Waals surface area contributed by atoms with E-state index in [0.29, 0.717) is 34.0 Å². The van der Waals surface area contributed by atoms with Crippen molar-refractivity contribution in [2.45, 2.75) is 6.92 Å². The van der Waals surface area contributed by atoms with E-state index in [1.807, 2.05) is 0 Å². The number of rotatable bonds is 6. The van der Waals surface area contributed by atoms with Crippen LogP contribution in [0.2, 0.25) is 0 Å². The number of benzene rings is 3. The number of hydrogen-bond donors (Lipinski definition) is 0. The van der Waals surface area contributed by atoms with Crippen LogP contribution in [0.5, 0.6) is 28.7 Å². The standard InChI is InChI=1S/C25H20O7/c1-15-24(31-19-10-8-18(29-3)9-11-19)23(26)21-13-12-20(14-22(21)30-15)32-25(27)16-4-6-17(28-2)7-5-16/h4-14H,1-3H3. The molecule has 0 N–H and O–H groups in total. The smallest absolute Gasteiger partial charge is 0.343 e. The monoisotopic (exact) mass is 432 g/mol. The maximum absolute atomic E-state index is 13.0. The molecule has 0 atom stereocenters. The van der Waals surface area contributed by atoms with Gasteiger partial charge in [0.1, 0.15) is 34.3 Å². The van der Waals surface area contributed by atoms with Gasteiger partial charge in [0, 0.05) is 6.07 Å². The van der Waals surface area contributed by atoms with Gasteiger partial charge in [-0.15, -0.1) is 0 Å². The molecule has 7 nitrogen and oxygen atoms in total. The van der Waals surface area contributed by atoms with Gasteiger partial charge in [-0.1, -0.05) is 0 Å². The molecule has 0 unspecified atom stereocenters. The number of carbonyl (C=O) groups is 1. The molecule has 0 aliphatic carbocycles. The Morgan fingerprint density at radius 2 is 1.34 bits per heavy atom. The lowest BCUT2D eigenvalue weighted by Gasteiger charge is -2.10. The second-order valence-electron chi connectivity index (χ2n) is 6.87. The fraction of sp³-hybridized carbons (Fsp3) is 0.120. The van der Waals surface area contributed by atoms with E-state index in [-0.39, 0.29) is 22.5 Å². The summed E-state index contributed by atoms with van der Waals surface area (Å²) >= 11 is 0. The predicted octanol–water partition coefficient (Wildman–Crippen LogP) is 5.13. The number of carbonyl (C=O) groups excluding carboxylic acids is 1. The maximum Gasteiger partial charge on any atom is 0.343 e. The van der Waals surface area contributed by atoms with Gasteiger partial charge in [-0.25, -0.2) is 4.79 Å². The number of methoxy groups -OCH3 is 2. The highest BCUT2D eigenvalue weighted by atomic mass is 16.5. The first kappa shape index (κ1) is 21.0. The van der Waals surface area contributed by atoms with Crippen LogP contribution in [-0.4, -0.2) is 20.2 Å². The van der Waals surface area contributed by atoms with Gasteiger partial charge in [0.2, 0.25) is 11.2 Å². The molecule has 0 fully saturated rings. The van der Waals surface area contributed by atoms with Crippen molar-refractivity contribution < 1.29 is 28.2 Å². The van der Waals surface area contributed by atoms with Crippen LogP contribution in [-0.2, 0) is 0 Å². The highest BCUT2D eigenvalue weighted by Crippen LogP contribution is 2.28. The molecule has 0 saturated carbocycles. The summed E-state index contributed by atoms with van der Waals surface area (Å²) in [5.74, 6) is 1.90. The van der Waals surface area contributed by atoms with Crippen molar-refractivity contribution in [3.05, 3.63) is 88.3 Å². The molecular formula is C25H20O7. The van der Waals surface area contributed by atoms with E-state index in [4.69, 9.17) is 23.4 Å². The van der Waals surface area contributed by atoms with E-state index in [1.54, 1.807) is 69.7 Å². The van der Waals surface area contributed by atoms with Crippen LogP contribution >= 0.6 is 0 Å². The number of fused-ring (bicyclic) bond motifs is 1. The van der Waals surface area contributed by atoms with Crippen molar-refractivity contribution in [3.63, 3.8) is 0 Å². The Balaban J connectivity index is 1.59. The van der Waals surface area contributed by atoms with Crippen molar-refractivity contribution in [2.24, 2.45) is 0 Å². The van der Waals surface area contributed by atoms with Crippen molar-refractivity contribution in [1.82, 2.24) is 0 Å². The minimum Gasteiger partial charge on any atom is -0.497 e. The number of hydrogen-bond acceptors (Lipinski definition) is 7.